The Balaban J connectivity index is 1.19. The predicted molar refractivity (Wildman–Crippen MR) is 138 cm³/mol. The number of hydrogen-bond acceptors (Lipinski definition) is 7. The van der Waals surface area contributed by atoms with Crippen LogP contribution in [0.4, 0.5) is 14.6 Å². The number of carbonyl (C=O) groups excluding carboxylic acids is 1. The minimum atomic E-state index is -0.626. The number of nitrogens with one attached hydrogen (secondary N) is 1. The zero-order chi connectivity index (χ0) is 26.7. The number of aromatic nitrogens is 7. The van der Waals surface area contributed by atoms with Crippen molar-refractivity contribution >= 4 is 28.9 Å². The number of anilines is 1. The molecule has 3 aromatic heterocycles. The molecule has 7 rings (SSSR count). The van der Waals surface area contributed by atoms with Crippen LogP contribution < -0.4 is 4.90 Å². The van der Waals surface area contributed by atoms with E-state index in [1.807, 2.05) is 4.90 Å². The summed E-state index contributed by atoms with van der Waals surface area (Å²) in [5.74, 6) is -0.338. The summed E-state index contributed by atoms with van der Waals surface area (Å²) < 4.78 is 31.9. The number of fused-ring (bicyclic) bond motifs is 1. The van der Waals surface area contributed by atoms with Gasteiger partial charge in [-0.15, -0.1) is 5.10 Å². The van der Waals surface area contributed by atoms with Crippen molar-refractivity contribution in [3.8, 4) is 16.9 Å². The highest BCUT2D eigenvalue weighted by Gasteiger charge is 2.42. The molecule has 0 bridgehead atoms. The lowest BCUT2D eigenvalue weighted by atomic mass is 9.92. The quantitative estimate of drug-likeness (QED) is 0.399. The molecule has 3 aliphatic rings. The van der Waals surface area contributed by atoms with Crippen molar-refractivity contribution in [3.63, 3.8) is 0 Å². The third-order valence-electron chi connectivity index (χ3n) is 7.73. The van der Waals surface area contributed by atoms with Crippen LogP contribution in [0.2, 0.25) is 5.02 Å². The molecule has 2 unspecified atom stereocenters. The van der Waals surface area contributed by atoms with Gasteiger partial charge in [-0.25, -0.2) is 18.7 Å². The molecule has 2 saturated heterocycles. The molecule has 1 N–H and O–H groups in total. The summed E-state index contributed by atoms with van der Waals surface area (Å²) >= 11 is 6.12. The summed E-state index contributed by atoms with van der Waals surface area (Å²) in [5, 5.41) is 11.1. The number of carbonyl (C=O) groups is 1. The number of benzene rings is 1. The van der Waals surface area contributed by atoms with E-state index in [0.29, 0.717) is 53.4 Å². The van der Waals surface area contributed by atoms with Gasteiger partial charge in [-0.1, -0.05) is 11.6 Å². The highest BCUT2D eigenvalue weighted by molar-refractivity contribution is 6.31. The lowest BCUT2D eigenvalue weighted by Crippen LogP contribution is -2.39. The number of halogens is 3. The first-order valence-electron chi connectivity index (χ1n) is 12.7. The van der Waals surface area contributed by atoms with E-state index in [2.05, 4.69) is 30.5 Å². The average Bonchev–Trinajstić information content (AvgIpc) is 3.66. The fraction of sp³-hybridized carbons (Fsp3) is 0.308. The maximum Gasteiger partial charge on any atom is 0.247 e. The average molecular weight is 550 g/mol. The van der Waals surface area contributed by atoms with Crippen molar-refractivity contribution in [2.75, 3.05) is 18.0 Å². The summed E-state index contributed by atoms with van der Waals surface area (Å²) in [4.78, 5) is 29.1. The minimum Gasteiger partial charge on any atom is -0.354 e. The molecule has 0 saturated carbocycles. The fourth-order valence-corrected chi connectivity index (χ4v) is 5.89. The topological polar surface area (TPSA) is 109 Å². The predicted octanol–water partition coefficient (Wildman–Crippen LogP) is 4.11. The molecule has 1 aromatic carbocycles. The number of pyridine rings is 1. The normalized spacial score (nSPS) is 20.7. The minimum absolute atomic E-state index is 0.0503. The van der Waals surface area contributed by atoms with Crippen LogP contribution in [0.5, 0.6) is 0 Å². The summed E-state index contributed by atoms with van der Waals surface area (Å²) in [6.45, 7) is 1.57. The van der Waals surface area contributed by atoms with Crippen LogP contribution in [-0.4, -0.2) is 65.1 Å². The second-order valence-electron chi connectivity index (χ2n) is 9.89. The molecule has 0 aliphatic carbocycles. The molecule has 10 nitrogen and oxygen atoms in total. The van der Waals surface area contributed by atoms with Gasteiger partial charge in [0, 0.05) is 42.5 Å². The number of aromatic amines is 1. The lowest BCUT2D eigenvalue weighted by Gasteiger charge is -2.33. The van der Waals surface area contributed by atoms with Crippen molar-refractivity contribution in [2.45, 2.75) is 37.8 Å². The van der Waals surface area contributed by atoms with Crippen LogP contribution in [0.3, 0.4) is 0 Å². The van der Waals surface area contributed by atoms with Gasteiger partial charge >= 0.3 is 0 Å². The molecule has 13 heteroatoms. The number of hydrogen-bond donors (Lipinski definition) is 1. The Morgan fingerprint density at radius 1 is 1.08 bits per heavy atom. The molecule has 0 spiro atoms. The molecule has 1 amide bonds. The number of tetrazole rings is 1. The Hall–Kier alpha value is -4.19. The standard InChI is InChI=1S/C26H22ClF2N9O/c27-17-3-5-19(37-13-32-34-35-37)22(24(17)29)14-10-15-2-4-20(38(15)21(39)11-14)25-31-12-18(33-25)16-6-7-30-26(23(16)28)36-8-1-9-36/h3,5-7,11-13,15,20H,1-2,4,8-10H2,(H,31,33). The van der Waals surface area contributed by atoms with Gasteiger partial charge in [-0.05, 0) is 59.9 Å². The molecule has 6 heterocycles. The largest absolute Gasteiger partial charge is 0.354 e. The molecule has 0 radical (unpaired) electrons. The smallest absolute Gasteiger partial charge is 0.247 e. The second kappa shape index (κ2) is 9.23. The highest BCUT2D eigenvalue weighted by Crippen LogP contribution is 2.44. The molecule has 198 valence electrons. The first kappa shape index (κ1) is 23.9. The summed E-state index contributed by atoms with van der Waals surface area (Å²) in [7, 11) is 0. The van der Waals surface area contributed by atoms with Gasteiger partial charge in [0.15, 0.2) is 17.5 Å². The third kappa shape index (κ3) is 3.89. The van der Waals surface area contributed by atoms with Crippen molar-refractivity contribution in [1.29, 1.82) is 0 Å². The van der Waals surface area contributed by atoms with E-state index in [4.69, 9.17) is 11.6 Å². The second-order valence-corrected chi connectivity index (χ2v) is 10.3. The van der Waals surface area contributed by atoms with Crippen molar-refractivity contribution in [3.05, 3.63) is 71.0 Å². The van der Waals surface area contributed by atoms with Gasteiger partial charge < -0.3 is 14.8 Å². The zero-order valence-electron chi connectivity index (χ0n) is 20.6. The van der Waals surface area contributed by atoms with E-state index in [9.17, 15) is 4.79 Å². The maximum absolute atomic E-state index is 15.3. The molecular formula is C26H22ClF2N9O. The monoisotopic (exact) mass is 549 g/mol. The number of amides is 1. The van der Waals surface area contributed by atoms with Gasteiger partial charge in [-0.2, -0.15) is 4.68 Å². The highest BCUT2D eigenvalue weighted by atomic mass is 35.5. The Bertz CT molecular complexity index is 1620. The number of imidazole rings is 1. The Morgan fingerprint density at radius 2 is 1.95 bits per heavy atom. The van der Waals surface area contributed by atoms with E-state index in [1.165, 1.54) is 23.2 Å². The van der Waals surface area contributed by atoms with Crippen LogP contribution in [0, 0.1) is 11.6 Å². The van der Waals surface area contributed by atoms with Crippen molar-refractivity contribution < 1.29 is 13.6 Å². The van der Waals surface area contributed by atoms with E-state index >= 15 is 8.78 Å². The molecule has 2 atom stereocenters. The van der Waals surface area contributed by atoms with Crippen LogP contribution in [-0.2, 0) is 4.79 Å². The lowest BCUT2D eigenvalue weighted by molar-refractivity contribution is -0.129. The van der Waals surface area contributed by atoms with Gasteiger partial charge in [0.25, 0.3) is 0 Å². The SMILES string of the molecule is O=C1C=C(c2c(-n3cnnn3)ccc(Cl)c2F)CC2CCC(c3ncc(-c4ccnc(N5CCC5)c4F)[nH]3)N12. The zero-order valence-corrected chi connectivity index (χ0v) is 21.3. The maximum atomic E-state index is 15.3. The Kier molecular flexibility index (Phi) is 5.65. The van der Waals surface area contributed by atoms with Crippen LogP contribution in [0.1, 0.15) is 43.1 Å². The fourth-order valence-electron chi connectivity index (χ4n) is 5.74. The van der Waals surface area contributed by atoms with Gasteiger partial charge in [0.05, 0.1) is 28.6 Å². The molecular weight excluding hydrogens is 528 g/mol. The Labute approximate surface area is 226 Å². The van der Waals surface area contributed by atoms with Crippen molar-refractivity contribution in [2.24, 2.45) is 0 Å². The first-order valence-corrected chi connectivity index (χ1v) is 13.1. The van der Waals surface area contributed by atoms with Gasteiger partial charge in [0.2, 0.25) is 5.91 Å². The molecule has 4 aromatic rings. The van der Waals surface area contributed by atoms with Crippen LogP contribution in [0.15, 0.2) is 43.0 Å². The molecule has 3 aliphatic heterocycles. The summed E-state index contributed by atoms with van der Waals surface area (Å²) in [6, 6.07) is 4.22. The van der Waals surface area contributed by atoms with E-state index in [-0.39, 0.29) is 34.4 Å². The molecule has 2 fully saturated rings. The number of rotatable bonds is 5. The van der Waals surface area contributed by atoms with Crippen LogP contribution in [0.25, 0.3) is 22.5 Å². The van der Waals surface area contributed by atoms with Gasteiger partial charge in [0.1, 0.15) is 12.2 Å². The summed E-state index contributed by atoms with van der Waals surface area (Å²) in [5.41, 5.74) is 2.06. The Morgan fingerprint density at radius 3 is 2.72 bits per heavy atom. The molecule has 39 heavy (non-hydrogen) atoms. The van der Waals surface area contributed by atoms with Crippen molar-refractivity contribution in [1.82, 2.24) is 40.1 Å². The summed E-state index contributed by atoms with van der Waals surface area (Å²) in [6.07, 6.45) is 8.82. The first-order chi connectivity index (χ1) is 19.0. The number of H-pyrrole nitrogens is 1. The van der Waals surface area contributed by atoms with Crippen LogP contribution >= 0.6 is 11.6 Å². The van der Waals surface area contributed by atoms with E-state index in [0.717, 1.165) is 19.5 Å². The van der Waals surface area contributed by atoms with Gasteiger partial charge in [-0.3, -0.25) is 4.79 Å². The van der Waals surface area contributed by atoms with E-state index < -0.39 is 5.82 Å². The van der Waals surface area contributed by atoms with E-state index in [1.54, 1.807) is 29.4 Å². The number of nitrogens with zero attached hydrogens (tertiary/aromatic N) is 8. The third-order valence-corrected chi connectivity index (χ3v) is 8.02.